The summed E-state index contributed by atoms with van der Waals surface area (Å²) >= 11 is 0. The maximum Gasteiger partial charge on any atom is 0.138 e. The Bertz CT molecular complexity index is 1530. The van der Waals surface area contributed by atoms with E-state index in [0.717, 1.165) is 71.0 Å². The summed E-state index contributed by atoms with van der Waals surface area (Å²) in [6.45, 7) is 0.222. The third-order valence-electron chi connectivity index (χ3n) is 7.17. The predicted molar refractivity (Wildman–Crippen MR) is 149 cm³/mol. The number of hydrogen-bond acceptors (Lipinski definition) is 4. The summed E-state index contributed by atoms with van der Waals surface area (Å²) in [4.78, 5) is 13.2. The highest BCUT2D eigenvalue weighted by Gasteiger charge is 2.28. The van der Waals surface area contributed by atoms with Crippen LogP contribution >= 0.6 is 0 Å². The lowest BCUT2D eigenvalue weighted by atomic mass is 9.97. The highest BCUT2D eigenvalue weighted by atomic mass is 19.1. The molecule has 0 spiro atoms. The largest absolute Gasteiger partial charge is 0.396 e. The Hall–Kier alpha value is -4.29. The second-order valence-corrected chi connectivity index (χ2v) is 9.69. The Morgan fingerprint density at radius 1 is 0.868 bits per heavy atom. The van der Waals surface area contributed by atoms with Crippen LogP contribution in [0.4, 0.5) is 10.2 Å². The van der Waals surface area contributed by atoms with Gasteiger partial charge in [0.25, 0.3) is 0 Å². The molecule has 38 heavy (non-hydrogen) atoms. The molecule has 3 N–H and O–H groups in total. The fraction of sp³-hybridized carbons (Fsp3) is 0.188. The van der Waals surface area contributed by atoms with E-state index in [2.05, 4.69) is 63.8 Å². The van der Waals surface area contributed by atoms with E-state index in [-0.39, 0.29) is 18.5 Å². The number of aryl methyl sites for hydroxylation is 1. The molecule has 0 bridgehead atoms. The monoisotopic (exact) mass is 504 g/mol. The van der Waals surface area contributed by atoms with Gasteiger partial charge in [-0.3, -0.25) is 0 Å². The average molecular weight is 505 g/mol. The van der Waals surface area contributed by atoms with Crippen LogP contribution in [0.2, 0.25) is 0 Å². The summed E-state index contributed by atoms with van der Waals surface area (Å²) in [5.74, 6) is 1.37. The quantitative estimate of drug-likeness (QED) is 0.200. The molecule has 6 rings (SSSR count). The molecule has 0 amide bonds. The second kappa shape index (κ2) is 10.6. The van der Waals surface area contributed by atoms with Crippen molar-refractivity contribution in [2.75, 3.05) is 11.9 Å². The van der Waals surface area contributed by atoms with Crippen molar-refractivity contribution in [3.8, 4) is 33.9 Å². The van der Waals surface area contributed by atoms with Crippen LogP contribution in [-0.4, -0.2) is 26.7 Å². The van der Waals surface area contributed by atoms with Crippen molar-refractivity contribution in [2.24, 2.45) is 0 Å². The molecular weight excluding hydrogens is 475 g/mol. The van der Waals surface area contributed by atoms with Crippen molar-refractivity contribution in [1.82, 2.24) is 15.0 Å². The topological polar surface area (TPSA) is 73.8 Å². The number of pyridine rings is 1. The SMILES string of the molecule is OCCCCc1ccc(-c2nc(-c3ccc(F)cc3)c(-c3ccnc4c3CC(c3ccccc3)N4)[nH]2)cc1. The van der Waals surface area contributed by atoms with Gasteiger partial charge in [-0.15, -0.1) is 0 Å². The highest BCUT2D eigenvalue weighted by molar-refractivity contribution is 5.85. The second-order valence-electron chi connectivity index (χ2n) is 9.69. The number of nitrogens with one attached hydrogen (secondary N) is 2. The normalized spacial score (nSPS) is 14.3. The molecular formula is C32H29FN4O. The molecule has 3 heterocycles. The molecule has 5 nitrogen and oxygen atoms in total. The van der Waals surface area contributed by atoms with Crippen LogP contribution in [0.5, 0.6) is 0 Å². The number of fused-ring (bicyclic) bond motifs is 1. The lowest BCUT2D eigenvalue weighted by Gasteiger charge is -2.10. The standard InChI is InChI=1S/C32H29FN4O/c33-25-15-13-23(14-16-25)29-30(37-31(36-29)24-11-9-21(10-12-24)6-4-5-19-38)26-17-18-34-32-27(26)20-28(35-32)22-7-2-1-3-8-22/h1-3,7-18,28,38H,4-6,19-20H2,(H,34,35)(H,36,37). The molecule has 2 aromatic heterocycles. The first kappa shape index (κ1) is 24.1. The van der Waals surface area contributed by atoms with Gasteiger partial charge in [-0.25, -0.2) is 14.4 Å². The average Bonchev–Trinajstić information content (AvgIpc) is 3.60. The van der Waals surface area contributed by atoms with Crippen LogP contribution in [0.3, 0.4) is 0 Å². The molecule has 1 atom stereocenters. The van der Waals surface area contributed by atoms with Gasteiger partial charge in [-0.2, -0.15) is 0 Å². The van der Waals surface area contributed by atoms with Crippen LogP contribution in [0, 0.1) is 5.82 Å². The number of nitrogens with zero attached hydrogens (tertiary/aromatic N) is 2. The molecule has 1 aliphatic rings. The Balaban J connectivity index is 1.40. The van der Waals surface area contributed by atoms with Crippen molar-refractivity contribution in [2.45, 2.75) is 31.7 Å². The molecule has 0 saturated heterocycles. The summed E-state index contributed by atoms with van der Waals surface area (Å²) in [6.07, 6.45) is 5.33. The maximum atomic E-state index is 13.8. The van der Waals surface area contributed by atoms with E-state index < -0.39 is 0 Å². The number of halogens is 1. The van der Waals surface area contributed by atoms with Crippen molar-refractivity contribution in [3.63, 3.8) is 0 Å². The van der Waals surface area contributed by atoms with E-state index in [1.807, 2.05) is 18.3 Å². The first-order valence-electron chi connectivity index (χ1n) is 13.1. The number of aliphatic hydroxyl groups excluding tert-OH is 1. The molecule has 6 heteroatoms. The van der Waals surface area contributed by atoms with E-state index in [4.69, 9.17) is 10.1 Å². The fourth-order valence-corrected chi connectivity index (χ4v) is 5.16. The predicted octanol–water partition coefficient (Wildman–Crippen LogP) is 6.97. The third kappa shape index (κ3) is 4.83. The molecule has 1 unspecified atom stereocenters. The Labute approximate surface area is 221 Å². The van der Waals surface area contributed by atoms with Gasteiger partial charge in [0.05, 0.1) is 17.4 Å². The molecule has 0 saturated carbocycles. The van der Waals surface area contributed by atoms with Crippen molar-refractivity contribution in [1.29, 1.82) is 0 Å². The third-order valence-corrected chi connectivity index (χ3v) is 7.17. The zero-order valence-corrected chi connectivity index (χ0v) is 21.0. The Morgan fingerprint density at radius 3 is 2.39 bits per heavy atom. The number of anilines is 1. The first-order chi connectivity index (χ1) is 18.7. The van der Waals surface area contributed by atoms with E-state index in [1.54, 1.807) is 12.1 Å². The van der Waals surface area contributed by atoms with E-state index in [9.17, 15) is 4.39 Å². The minimum absolute atomic E-state index is 0.148. The number of rotatable bonds is 8. The first-order valence-corrected chi connectivity index (χ1v) is 13.1. The van der Waals surface area contributed by atoms with Gasteiger partial charge in [0, 0.05) is 41.5 Å². The molecule has 0 aliphatic carbocycles. The highest BCUT2D eigenvalue weighted by Crippen LogP contribution is 2.41. The van der Waals surface area contributed by atoms with Crippen molar-refractivity contribution in [3.05, 3.63) is 114 Å². The lowest BCUT2D eigenvalue weighted by molar-refractivity contribution is 0.284. The Morgan fingerprint density at radius 2 is 1.63 bits per heavy atom. The molecule has 0 fully saturated rings. The number of H-pyrrole nitrogens is 1. The fourth-order valence-electron chi connectivity index (χ4n) is 5.16. The number of imidazole rings is 1. The molecule has 190 valence electrons. The summed E-state index contributed by atoms with van der Waals surface area (Å²) in [5, 5.41) is 12.6. The molecule has 5 aromatic rings. The number of unbranched alkanes of at least 4 members (excludes halogenated alkanes) is 1. The van der Waals surface area contributed by atoms with Gasteiger partial charge in [-0.1, -0.05) is 54.6 Å². The number of aromatic nitrogens is 3. The van der Waals surface area contributed by atoms with Crippen LogP contribution in [-0.2, 0) is 12.8 Å². The zero-order chi connectivity index (χ0) is 25.9. The zero-order valence-electron chi connectivity index (χ0n) is 21.0. The van der Waals surface area contributed by atoms with E-state index in [1.165, 1.54) is 23.3 Å². The lowest BCUT2D eigenvalue weighted by Crippen LogP contribution is -2.05. The summed E-state index contributed by atoms with van der Waals surface area (Å²) in [6, 6.07) is 27.5. The number of aliphatic hydroxyl groups is 1. The maximum absolute atomic E-state index is 13.8. The van der Waals surface area contributed by atoms with Crippen LogP contribution < -0.4 is 5.32 Å². The van der Waals surface area contributed by atoms with Crippen LogP contribution in [0.1, 0.15) is 35.6 Å². The van der Waals surface area contributed by atoms with Gasteiger partial charge in [0.1, 0.15) is 17.5 Å². The van der Waals surface area contributed by atoms with Gasteiger partial charge in [-0.05, 0) is 60.7 Å². The van der Waals surface area contributed by atoms with Crippen LogP contribution in [0.15, 0.2) is 91.1 Å². The van der Waals surface area contributed by atoms with Gasteiger partial charge in [0.15, 0.2) is 0 Å². The minimum Gasteiger partial charge on any atom is -0.396 e. The van der Waals surface area contributed by atoms with Crippen molar-refractivity contribution >= 4 is 5.82 Å². The minimum atomic E-state index is -0.275. The summed E-state index contributed by atoms with van der Waals surface area (Å²) in [7, 11) is 0. The van der Waals surface area contributed by atoms with Gasteiger partial charge < -0.3 is 15.4 Å². The van der Waals surface area contributed by atoms with Crippen LogP contribution in [0.25, 0.3) is 33.9 Å². The molecule has 1 aliphatic heterocycles. The molecule has 0 radical (unpaired) electrons. The smallest absolute Gasteiger partial charge is 0.138 e. The Kier molecular flexibility index (Phi) is 6.71. The number of hydrogen-bond donors (Lipinski definition) is 3. The van der Waals surface area contributed by atoms with Crippen molar-refractivity contribution < 1.29 is 9.50 Å². The summed E-state index contributed by atoms with van der Waals surface area (Å²) < 4.78 is 13.8. The number of benzene rings is 3. The van der Waals surface area contributed by atoms with Gasteiger partial charge >= 0.3 is 0 Å². The molecule has 3 aromatic carbocycles. The summed E-state index contributed by atoms with van der Waals surface area (Å²) in [5.41, 5.74) is 8.14. The van der Waals surface area contributed by atoms with E-state index in [0.29, 0.717) is 0 Å². The number of aromatic amines is 1. The van der Waals surface area contributed by atoms with E-state index >= 15 is 0 Å². The van der Waals surface area contributed by atoms with Gasteiger partial charge in [0.2, 0.25) is 0 Å².